The van der Waals surface area contributed by atoms with Gasteiger partial charge in [0, 0.05) is 25.9 Å². The zero-order chi connectivity index (χ0) is 13.2. The van der Waals surface area contributed by atoms with Gasteiger partial charge in [-0.05, 0) is 12.8 Å². The summed E-state index contributed by atoms with van der Waals surface area (Å²) >= 11 is 0. The predicted octanol–water partition coefficient (Wildman–Crippen LogP) is 1.73. The van der Waals surface area contributed by atoms with Crippen LogP contribution >= 0.6 is 0 Å². The third-order valence-electron chi connectivity index (χ3n) is 3.40. The minimum atomic E-state index is -0.680. The Morgan fingerprint density at radius 2 is 2.22 bits per heavy atom. The zero-order valence-corrected chi connectivity index (χ0v) is 10.4. The lowest BCUT2D eigenvalue weighted by atomic mass is 10.0. The molecule has 1 aromatic heterocycles. The Bertz CT molecular complexity index is 444. The van der Waals surface area contributed by atoms with Crippen LogP contribution < -0.4 is 4.90 Å². The minimum absolute atomic E-state index is 0.0188. The largest absolute Gasteiger partial charge is 0.388 e. The van der Waals surface area contributed by atoms with Crippen LogP contribution in [0.15, 0.2) is 18.3 Å². The SMILES string of the molecule is CN(CC1(O)CCCC1)c1cc([N+](=O)[O-])ccn1. The number of pyridine rings is 1. The molecule has 1 aliphatic rings. The van der Waals surface area contributed by atoms with Crippen LogP contribution in [-0.4, -0.2) is 34.2 Å². The number of anilines is 1. The second kappa shape index (κ2) is 4.89. The van der Waals surface area contributed by atoms with E-state index in [0.717, 1.165) is 25.7 Å². The van der Waals surface area contributed by atoms with Crippen LogP contribution in [0.5, 0.6) is 0 Å². The minimum Gasteiger partial charge on any atom is -0.388 e. The van der Waals surface area contributed by atoms with Crippen molar-refractivity contribution in [2.45, 2.75) is 31.3 Å². The summed E-state index contributed by atoms with van der Waals surface area (Å²) in [5, 5.41) is 21.0. The summed E-state index contributed by atoms with van der Waals surface area (Å²) < 4.78 is 0. The fourth-order valence-corrected chi connectivity index (χ4v) is 2.44. The van der Waals surface area contributed by atoms with E-state index in [4.69, 9.17) is 0 Å². The number of hydrogen-bond acceptors (Lipinski definition) is 5. The van der Waals surface area contributed by atoms with Gasteiger partial charge in [-0.2, -0.15) is 0 Å². The van der Waals surface area contributed by atoms with E-state index in [1.54, 1.807) is 11.9 Å². The van der Waals surface area contributed by atoms with Crippen molar-refractivity contribution in [2.75, 3.05) is 18.5 Å². The van der Waals surface area contributed by atoms with Gasteiger partial charge in [0.15, 0.2) is 0 Å². The van der Waals surface area contributed by atoms with Crippen LogP contribution in [0.2, 0.25) is 0 Å². The molecule has 6 heteroatoms. The molecule has 98 valence electrons. The Morgan fingerprint density at radius 3 is 2.83 bits per heavy atom. The van der Waals surface area contributed by atoms with Crippen molar-refractivity contribution in [1.82, 2.24) is 4.98 Å². The highest BCUT2D eigenvalue weighted by Crippen LogP contribution is 2.31. The second-order valence-corrected chi connectivity index (χ2v) is 4.92. The maximum Gasteiger partial charge on any atom is 0.274 e. The molecule has 0 radical (unpaired) electrons. The first-order valence-electron chi connectivity index (χ1n) is 6.04. The summed E-state index contributed by atoms with van der Waals surface area (Å²) in [4.78, 5) is 16.1. The van der Waals surface area contributed by atoms with Crippen LogP contribution in [0.1, 0.15) is 25.7 Å². The van der Waals surface area contributed by atoms with Crippen molar-refractivity contribution >= 4 is 11.5 Å². The van der Waals surface area contributed by atoms with Crippen molar-refractivity contribution < 1.29 is 10.0 Å². The van der Waals surface area contributed by atoms with Crippen molar-refractivity contribution in [2.24, 2.45) is 0 Å². The second-order valence-electron chi connectivity index (χ2n) is 4.92. The monoisotopic (exact) mass is 251 g/mol. The van der Waals surface area contributed by atoms with Crippen molar-refractivity contribution in [3.05, 3.63) is 28.4 Å². The summed E-state index contributed by atoms with van der Waals surface area (Å²) in [6.07, 6.45) is 5.06. The molecule has 0 bridgehead atoms. The molecule has 18 heavy (non-hydrogen) atoms. The first-order valence-corrected chi connectivity index (χ1v) is 6.04. The van der Waals surface area contributed by atoms with Crippen molar-refractivity contribution in [3.8, 4) is 0 Å². The first kappa shape index (κ1) is 12.8. The maximum atomic E-state index is 10.7. The van der Waals surface area contributed by atoms with E-state index >= 15 is 0 Å². The van der Waals surface area contributed by atoms with Crippen LogP contribution in [-0.2, 0) is 0 Å². The molecule has 0 spiro atoms. The van der Waals surface area contributed by atoms with Gasteiger partial charge < -0.3 is 10.0 Å². The van der Waals surface area contributed by atoms with Gasteiger partial charge in [0.05, 0.1) is 16.6 Å². The van der Waals surface area contributed by atoms with Gasteiger partial charge >= 0.3 is 0 Å². The van der Waals surface area contributed by atoms with Crippen molar-refractivity contribution in [1.29, 1.82) is 0 Å². The molecule has 1 N–H and O–H groups in total. The standard InChI is InChI=1S/C12H17N3O3/c1-14(9-12(16)5-2-3-6-12)11-8-10(15(17)18)4-7-13-11/h4,7-8,16H,2-3,5-6,9H2,1H3. The van der Waals surface area contributed by atoms with Gasteiger partial charge in [0.25, 0.3) is 5.69 Å². The van der Waals surface area contributed by atoms with Gasteiger partial charge in [-0.15, -0.1) is 0 Å². The summed E-state index contributed by atoms with van der Waals surface area (Å²) in [7, 11) is 1.79. The number of aliphatic hydroxyl groups is 1. The lowest BCUT2D eigenvalue weighted by molar-refractivity contribution is -0.384. The Balaban J connectivity index is 2.10. The van der Waals surface area contributed by atoms with Crippen LogP contribution in [0, 0.1) is 10.1 Å². The Morgan fingerprint density at radius 1 is 1.56 bits per heavy atom. The first-order chi connectivity index (χ1) is 8.50. The van der Waals surface area contributed by atoms with E-state index < -0.39 is 10.5 Å². The summed E-state index contributed by atoms with van der Waals surface area (Å²) in [5.41, 5.74) is -0.661. The highest BCUT2D eigenvalue weighted by Gasteiger charge is 2.32. The average Bonchev–Trinajstić information content (AvgIpc) is 2.76. The molecule has 6 nitrogen and oxygen atoms in total. The van der Waals surface area contributed by atoms with Gasteiger partial charge in [0.2, 0.25) is 0 Å². The highest BCUT2D eigenvalue weighted by atomic mass is 16.6. The Hall–Kier alpha value is -1.69. The van der Waals surface area contributed by atoms with Crippen LogP contribution in [0.25, 0.3) is 0 Å². The molecule has 0 aliphatic heterocycles. The topological polar surface area (TPSA) is 79.5 Å². The van der Waals surface area contributed by atoms with Gasteiger partial charge in [0.1, 0.15) is 5.82 Å². The molecule has 0 saturated heterocycles. The molecule has 2 rings (SSSR count). The highest BCUT2D eigenvalue weighted by molar-refractivity contribution is 5.46. The fraction of sp³-hybridized carbons (Fsp3) is 0.583. The summed E-state index contributed by atoms with van der Waals surface area (Å²) in [5.74, 6) is 0.518. The number of rotatable bonds is 4. The molecule has 0 aromatic carbocycles. The smallest absolute Gasteiger partial charge is 0.274 e. The van der Waals surface area contributed by atoms with E-state index in [2.05, 4.69) is 4.98 Å². The number of hydrogen-bond donors (Lipinski definition) is 1. The molecule has 0 amide bonds. The Kier molecular flexibility index (Phi) is 3.47. The maximum absolute atomic E-state index is 10.7. The molecule has 1 aliphatic carbocycles. The lowest BCUT2D eigenvalue weighted by Gasteiger charge is -2.29. The van der Waals surface area contributed by atoms with Gasteiger partial charge in [-0.25, -0.2) is 4.98 Å². The third kappa shape index (κ3) is 2.76. The van der Waals surface area contributed by atoms with Gasteiger partial charge in [-0.3, -0.25) is 10.1 Å². The van der Waals surface area contributed by atoms with Gasteiger partial charge in [-0.1, -0.05) is 12.8 Å². The summed E-state index contributed by atoms with van der Waals surface area (Å²) in [6, 6.07) is 2.79. The van der Waals surface area contributed by atoms with E-state index in [9.17, 15) is 15.2 Å². The average molecular weight is 251 g/mol. The van der Waals surface area contributed by atoms with E-state index in [0.29, 0.717) is 12.4 Å². The molecule has 0 atom stereocenters. The fourth-order valence-electron chi connectivity index (χ4n) is 2.44. The number of nitro groups is 1. The molecule has 0 unspecified atom stereocenters. The van der Waals surface area contributed by atoms with E-state index in [1.807, 2.05) is 0 Å². The van der Waals surface area contributed by atoms with Crippen LogP contribution in [0.3, 0.4) is 0 Å². The lowest BCUT2D eigenvalue weighted by Crippen LogP contribution is -2.39. The number of likely N-dealkylation sites (N-methyl/N-ethyl adjacent to an activating group) is 1. The third-order valence-corrected chi connectivity index (χ3v) is 3.40. The number of aromatic nitrogens is 1. The zero-order valence-electron chi connectivity index (χ0n) is 10.4. The molecule has 1 heterocycles. The quantitative estimate of drug-likeness (QED) is 0.651. The van der Waals surface area contributed by atoms with E-state index in [1.165, 1.54) is 18.3 Å². The number of nitrogens with zero attached hydrogens (tertiary/aromatic N) is 3. The normalized spacial score (nSPS) is 17.7. The van der Waals surface area contributed by atoms with Crippen molar-refractivity contribution in [3.63, 3.8) is 0 Å². The predicted molar refractivity (Wildman–Crippen MR) is 67.6 cm³/mol. The van der Waals surface area contributed by atoms with E-state index in [-0.39, 0.29) is 5.69 Å². The molecule has 1 fully saturated rings. The van der Waals surface area contributed by atoms with Crippen LogP contribution in [0.4, 0.5) is 11.5 Å². The Labute approximate surface area is 105 Å². The molecular weight excluding hydrogens is 234 g/mol. The molecule has 1 saturated carbocycles. The summed E-state index contributed by atoms with van der Waals surface area (Å²) in [6.45, 7) is 0.459. The molecular formula is C12H17N3O3. The molecule has 1 aromatic rings.